The Balaban J connectivity index is 0.745. The molecule has 5 aromatic rings. The van der Waals surface area contributed by atoms with Gasteiger partial charge in [0.1, 0.15) is 11.9 Å². The summed E-state index contributed by atoms with van der Waals surface area (Å²) < 4.78 is 22.5. The zero-order chi connectivity index (χ0) is 42.4. The molecule has 4 heterocycles. The summed E-state index contributed by atoms with van der Waals surface area (Å²) in [5.41, 5.74) is 4.62. The SMILES string of the molecule is O=C1CCC(N2C(=O)c3c(NC(=O)CCOCCOCCOCCOCCNc4ncc(-c5cccnc5)cc4/C=C/c4ccc5ccccc5c4)cccc3[C@@H]2O)C(=O)N1. The van der Waals surface area contributed by atoms with Crippen LogP contribution in [0.25, 0.3) is 34.1 Å². The number of pyridine rings is 2. The summed E-state index contributed by atoms with van der Waals surface area (Å²) >= 11 is 0. The van der Waals surface area contributed by atoms with Crippen LogP contribution in [0.2, 0.25) is 0 Å². The van der Waals surface area contributed by atoms with Gasteiger partial charge in [-0.3, -0.25) is 34.4 Å². The first-order valence-corrected chi connectivity index (χ1v) is 20.2. The van der Waals surface area contributed by atoms with Crippen molar-refractivity contribution in [3.63, 3.8) is 0 Å². The molecule has 15 heteroatoms. The van der Waals surface area contributed by atoms with Crippen molar-refractivity contribution in [2.75, 3.05) is 70.0 Å². The molecule has 61 heavy (non-hydrogen) atoms. The van der Waals surface area contributed by atoms with Crippen LogP contribution in [-0.4, -0.2) is 109 Å². The van der Waals surface area contributed by atoms with Crippen molar-refractivity contribution >= 4 is 58.1 Å². The smallest absolute Gasteiger partial charge is 0.259 e. The van der Waals surface area contributed by atoms with Crippen molar-refractivity contribution in [1.82, 2.24) is 20.2 Å². The number of hydrogen-bond donors (Lipinski definition) is 4. The number of benzene rings is 3. The summed E-state index contributed by atoms with van der Waals surface area (Å²) in [4.78, 5) is 60.0. The van der Waals surface area contributed by atoms with E-state index in [1.165, 1.54) is 10.8 Å². The summed E-state index contributed by atoms with van der Waals surface area (Å²) in [6.45, 7) is 3.34. The van der Waals surface area contributed by atoms with Gasteiger partial charge in [-0.05, 0) is 47.0 Å². The molecule has 15 nitrogen and oxygen atoms in total. The van der Waals surface area contributed by atoms with Gasteiger partial charge in [0.15, 0.2) is 6.23 Å². The van der Waals surface area contributed by atoms with Crippen LogP contribution in [-0.2, 0) is 33.3 Å². The molecule has 316 valence electrons. The minimum Gasteiger partial charge on any atom is -0.379 e. The van der Waals surface area contributed by atoms with Gasteiger partial charge < -0.3 is 34.7 Å². The highest BCUT2D eigenvalue weighted by atomic mass is 16.6. The van der Waals surface area contributed by atoms with E-state index in [-0.39, 0.29) is 55.2 Å². The van der Waals surface area contributed by atoms with Gasteiger partial charge >= 0.3 is 0 Å². The summed E-state index contributed by atoms with van der Waals surface area (Å²) in [6.07, 6.45) is 8.38. The van der Waals surface area contributed by atoms with E-state index < -0.39 is 30.0 Å². The van der Waals surface area contributed by atoms with Gasteiger partial charge in [-0.1, -0.05) is 66.7 Å². The van der Waals surface area contributed by atoms with E-state index in [1.54, 1.807) is 24.4 Å². The molecule has 1 unspecified atom stereocenters. The number of ether oxygens (including phenoxy) is 4. The van der Waals surface area contributed by atoms with Crippen LogP contribution >= 0.6 is 0 Å². The van der Waals surface area contributed by atoms with Crippen LogP contribution in [0.5, 0.6) is 0 Å². The first-order valence-electron chi connectivity index (χ1n) is 20.2. The molecule has 2 aromatic heterocycles. The van der Waals surface area contributed by atoms with Gasteiger partial charge in [-0.2, -0.15) is 0 Å². The fourth-order valence-electron chi connectivity index (χ4n) is 7.10. The number of aromatic nitrogens is 2. The second kappa shape index (κ2) is 21.2. The van der Waals surface area contributed by atoms with E-state index in [0.29, 0.717) is 46.2 Å². The highest BCUT2D eigenvalue weighted by Crippen LogP contribution is 2.38. The molecule has 4 N–H and O–H groups in total. The quantitative estimate of drug-likeness (QED) is 0.0558. The number of imide groups is 1. The van der Waals surface area contributed by atoms with Crippen LogP contribution in [0.1, 0.15) is 52.5 Å². The first-order chi connectivity index (χ1) is 29.9. The minimum atomic E-state index is -1.38. The molecule has 0 aliphatic carbocycles. The lowest BCUT2D eigenvalue weighted by molar-refractivity contribution is -0.139. The highest BCUT2D eigenvalue weighted by Gasteiger charge is 2.45. The van der Waals surface area contributed by atoms with Gasteiger partial charge in [-0.25, -0.2) is 4.98 Å². The Kier molecular flexibility index (Phi) is 14.9. The van der Waals surface area contributed by atoms with Crippen molar-refractivity contribution in [2.45, 2.75) is 31.5 Å². The lowest BCUT2D eigenvalue weighted by atomic mass is 10.0. The second-order valence-corrected chi connectivity index (χ2v) is 14.3. The maximum Gasteiger partial charge on any atom is 0.259 e. The van der Waals surface area contributed by atoms with E-state index >= 15 is 0 Å². The summed E-state index contributed by atoms with van der Waals surface area (Å²) in [6, 6.07) is 24.4. The van der Waals surface area contributed by atoms with Crippen LogP contribution in [0.3, 0.4) is 0 Å². The molecule has 1 saturated heterocycles. The molecule has 0 spiro atoms. The molecule has 2 aliphatic rings. The molecular weight excluding hydrogens is 781 g/mol. The number of anilines is 2. The van der Waals surface area contributed by atoms with Crippen molar-refractivity contribution in [3.05, 3.63) is 120 Å². The Morgan fingerprint density at radius 2 is 1.56 bits per heavy atom. The van der Waals surface area contributed by atoms with Gasteiger partial charge in [0, 0.05) is 53.8 Å². The number of nitrogens with one attached hydrogen (secondary N) is 3. The number of carbonyl (C=O) groups excluding carboxylic acids is 4. The first kappa shape index (κ1) is 42.8. The molecule has 0 radical (unpaired) electrons. The van der Waals surface area contributed by atoms with E-state index in [9.17, 15) is 24.3 Å². The number of nitrogens with zero attached hydrogens (tertiary/aromatic N) is 3. The Labute approximate surface area is 353 Å². The minimum absolute atomic E-state index is 0.0230. The zero-order valence-electron chi connectivity index (χ0n) is 33.6. The largest absolute Gasteiger partial charge is 0.379 e. The molecule has 2 aliphatic heterocycles. The third-order valence-corrected chi connectivity index (χ3v) is 10.2. The third kappa shape index (κ3) is 11.3. The number of fused-ring (bicyclic) bond motifs is 2. The highest BCUT2D eigenvalue weighted by molar-refractivity contribution is 6.10. The van der Waals surface area contributed by atoms with Crippen LogP contribution in [0.15, 0.2) is 97.5 Å². The lowest BCUT2D eigenvalue weighted by Crippen LogP contribution is -2.53. The predicted octanol–water partition coefficient (Wildman–Crippen LogP) is 5.23. The number of piperidine rings is 1. The van der Waals surface area contributed by atoms with Gasteiger partial charge in [0.05, 0.1) is 70.5 Å². The lowest BCUT2D eigenvalue weighted by Gasteiger charge is -2.31. The standard InChI is InChI=1S/C46H48N6O9/c53-40-15-14-39(44(55)51-40)52-45(56)37-8-3-9-38(42(37)46(52)57)50-41(54)16-19-58-21-23-60-25-26-61-24-22-59-20-18-48-43-34(28-36(30-49-43)35-7-4-17-47-29-35)13-11-31-10-12-32-5-1-2-6-33(32)27-31/h1-13,17,27-30,39,45,56H,14-16,18-26H2,(H,48,49)(H,50,54)(H,51,53,55)/b13-11+/t39?,45-/m0/s1. The Hall–Kier alpha value is -6.36. The van der Waals surface area contributed by atoms with Crippen molar-refractivity contribution in [3.8, 4) is 11.1 Å². The molecule has 4 amide bonds. The van der Waals surface area contributed by atoms with Crippen molar-refractivity contribution < 1.29 is 43.2 Å². The molecule has 0 saturated carbocycles. The molecule has 2 atom stereocenters. The van der Waals surface area contributed by atoms with Gasteiger partial charge in [-0.15, -0.1) is 0 Å². The van der Waals surface area contributed by atoms with Gasteiger partial charge in [0.2, 0.25) is 17.7 Å². The number of carbonyl (C=O) groups is 4. The van der Waals surface area contributed by atoms with Crippen molar-refractivity contribution in [1.29, 1.82) is 0 Å². The van der Waals surface area contributed by atoms with Crippen molar-refractivity contribution in [2.24, 2.45) is 0 Å². The zero-order valence-corrected chi connectivity index (χ0v) is 33.6. The second-order valence-electron chi connectivity index (χ2n) is 14.3. The van der Waals surface area contributed by atoms with E-state index in [1.807, 2.05) is 36.7 Å². The number of aliphatic hydroxyl groups is 1. The third-order valence-electron chi connectivity index (χ3n) is 10.2. The summed E-state index contributed by atoms with van der Waals surface area (Å²) in [5, 5.41) is 21.6. The fourth-order valence-corrected chi connectivity index (χ4v) is 7.10. The average molecular weight is 829 g/mol. The normalized spacial score (nSPS) is 16.3. The average Bonchev–Trinajstić information content (AvgIpc) is 3.53. The summed E-state index contributed by atoms with van der Waals surface area (Å²) in [5.74, 6) is -1.30. The summed E-state index contributed by atoms with van der Waals surface area (Å²) in [7, 11) is 0. The Bertz CT molecular complexity index is 2360. The predicted molar refractivity (Wildman–Crippen MR) is 229 cm³/mol. The Morgan fingerprint density at radius 1 is 0.803 bits per heavy atom. The van der Waals surface area contributed by atoms with E-state index in [0.717, 1.165) is 33.0 Å². The molecular formula is C46H48N6O9. The molecule has 3 aromatic carbocycles. The van der Waals surface area contributed by atoms with Crippen LogP contribution < -0.4 is 16.0 Å². The van der Waals surface area contributed by atoms with Crippen LogP contribution in [0.4, 0.5) is 11.5 Å². The number of amides is 4. The fraction of sp³-hybridized carbons (Fsp3) is 0.304. The van der Waals surface area contributed by atoms with E-state index in [4.69, 9.17) is 23.9 Å². The van der Waals surface area contributed by atoms with Gasteiger partial charge in [0.25, 0.3) is 5.91 Å². The van der Waals surface area contributed by atoms with Crippen LogP contribution in [0, 0.1) is 0 Å². The maximum atomic E-state index is 13.3. The monoisotopic (exact) mass is 828 g/mol. The Morgan fingerprint density at radius 3 is 2.31 bits per heavy atom. The number of rotatable bonds is 21. The maximum absolute atomic E-state index is 13.3. The number of aliphatic hydroxyl groups excluding tert-OH is 1. The topological polar surface area (TPSA) is 191 Å². The number of hydrogen-bond acceptors (Lipinski definition) is 12. The van der Waals surface area contributed by atoms with E-state index in [2.05, 4.69) is 69.5 Å². The molecule has 0 bridgehead atoms. The molecule has 1 fully saturated rings. The molecule has 7 rings (SSSR count).